The van der Waals surface area contributed by atoms with Gasteiger partial charge in [0, 0.05) is 6.92 Å². The molecule has 0 radical (unpaired) electrons. The summed E-state index contributed by atoms with van der Waals surface area (Å²) in [7, 11) is 0. The molecule has 0 aromatic heterocycles. The smallest absolute Gasteiger partial charge is 0.336 e. The fraction of sp³-hybridized carbons (Fsp3) is 0.111. The molecule has 4 heteroatoms. The molecule has 22 heavy (non-hydrogen) atoms. The van der Waals surface area contributed by atoms with Crippen LogP contribution in [0, 0.1) is 6.92 Å². The zero-order valence-electron chi connectivity index (χ0n) is 12.4. The average molecular weight is 296 g/mol. The number of hydrogen-bond acceptors (Lipinski definition) is 3. The first-order valence-corrected chi connectivity index (χ1v) is 6.77. The molecule has 2 aromatic rings. The maximum absolute atomic E-state index is 11.5. The van der Waals surface area contributed by atoms with Crippen LogP contribution in [0.3, 0.4) is 0 Å². The second kappa shape index (κ2) is 6.72. The molecule has 0 aliphatic heterocycles. The van der Waals surface area contributed by atoms with Gasteiger partial charge in [-0.25, -0.2) is 4.79 Å². The third kappa shape index (κ3) is 3.82. The highest BCUT2D eigenvalue weighted by molar-refractivity contribution is 6.20. The summed E-state index contributed by atoms with van der Waals surface area (Å²) in [5.74, 6) is -0.995. The van der Waals surface area contributed by atoms with E-state index < -0.39 is 11.9 Å². The largest absolute Gasteiger partial charge is 0.478 e. The van der Waals surface area contributed by atoms with Crippen LogP contribution in [0.4, 0.5) is 0 Å². The Balaban J connectivity index is 2.45. The lowest BCUT2D eigenvalue weighted by Gasteiger charge is -2.07. The number of aliphatic carboxylic acids is 1. The SMILES string of the molecule is CC(=O)Oc1cc(/C=C(/C(=O)O)c2ccccc2)ccc1C. The maximum atomic E-state index is 11.5. The van der Waals surface area contributed by atoms with Crippen LogP contribution in [0.15, 0.2) is 48.5 Å². The average Bonchev–Trinajstić information content (AvgIpc) is 2.48. The van der Waals surface area contributed by atoms with Gasteiger partial charge >= 0.3 is 11.9 Å². The van der Waals surface area contributed by atoms with Crippen LogP contribution in [-0.2, 0) is 9.59 Å². The molecule has 0 atom stereocenters. The number of esters is 1. The standard InChI is InChI=1S/C18H16O4/c1-12-8-9-14(11-17(12)22-13(2)19)10-16(18(20)21)15-6-4-3-5-7-15/h3-11H,1-2H3,(H,20,21)/b16-10+. The van der Waals surface area contributed by atoms with E-state index in [1.165, 1.54) is 6.92 Å². The Hall–Kier alpha value is -2.88. The highest BCUT2D eigenvalue weighted by atomic mass is 16.5. The van der Waals surface area contributed by atoms with Gasteiger partial charge in [-0.05, 0) is 35.8 Å². The summed E-state index contributed by atoms with van der Waals surface area (Å²) in [5, 5.41) is 9.40. The van der Waals surface area contributed by atoms with E-state index in [1.807, 2.05) is 13.0 Å². The van der Waals surface area contributed by atoms with Crippen LogP contribution in [0.1, 0.15) is 23.6 Å². The molecule has 0 aliphatic carbocycles. The molecule has 0 bridgehead atoms. The number of ether oxygens (including phenoxy) is 1. The third-order valence-electron chi connectivity index (χ3n) is 3.09. The highest BCUT2D eigenvalue weighted by Gasteiger charge is 2.11. The van der Waals surface area contributed by atoms with Gasteiger partial charge in [-0.1, -0.05) is 42.5 Å². The van der Waals surface area contributed by atoms with Gasteiger partial charge in [0.2, 0.25) is 0 Å². The summed E-state index contributed by atoms with van der Waals surface area (Å²) >= 11 is 0. The molecule has 4 nitrogen and oxygen atoms in total. The quantitative estimate of drug-likeness (QED) is 0.405. The van der Waals surface area contributed by atoms with E-state index in [0.29, 0.717) is 16.9 Å². The number of rotatable bonds is 4. The van der Waals surface area contributed by atoms with Gasteiger partial charge in [-0.15, -0.1) is 0 Å². The molecule has 0 amide bonds. The Morgan fingerprint density at radius 2 is 1.77 bits per heavy atom. The Labute approximate surface area is 128 Å². The summed E-state index contributed by atoms with van der Waals surface area (Å²) < 4.78 is 5.12. The van der Waals surface area contributed by atoms with E-state index in [4.69, 9.17) is 4.74 Å². The fourth-order valence-electron chi connectivity index (χ4n) is 2.02. The van der Waals surface area contributed by atoms with Crippen LogP contribution in [-0.4, -0.2) is 17.0 Å². The molecule has 0 spiro atoms. The molecule has 0 heterocycles. The van der Waals surface area contributed by atoms with Crippen molar-refractivity contribution < 1.29 is 19.4 Å². The van der Waals surface area contributed by atoms with Crippen LogP contribution in [0.25, 0.3) is 11.6 Å². The number of aryl methyl sites for hydroxylation is 1. The van der Waals surface area contributed by atoms with Gasteiger partial charge in [0.05, 0.1) is 5.57 Å². The van der Waals surface area contributed by atoms with Crippen molar-refractivity contribution >= 4 is 23.6 Å². The van der Waals surface area contributed by atoms with E-state index in [2.05, 4.69) is 0 Å². The Bertz CT molecular complexity index is 730. The molecule has 2 aromatic carbocycles. The Morgan fingerprint density at radius 1 is 1.09 bits per heavy atom. The van der Waals surface area contributed by atoms with Gasteiger partial charge in [0.1, 0.15) is 5.75 Å². The second-order valence-corrected chi connectivity index (χ2v) is 4.85. The monoisotopic (exact) mass is 296 g/mol. The van der Waals surface area contributed by atoms with E-state index in [9.17, 15) is 14.7 Å². The van der Waals surface area contributed by atoms with Crippen LogP contribution in [0.5, 0.6) is 5.75 Å². The van der Waals surface area contributed by atoms with Crippen molar-refractivity contribution in [2.75, 3.05) is 0 Å². The molecule has 1 N–H and O–H groups in total. The van der Waals surface area contributed by atoms with Gasteiger partial charge in [0.15, 0.2) is 0 Å². The Morgan fingerprint density at radius 3 is 2.36 bits per heavy atom. The normalized spacial score (nSPS) is 11.1. The van der Waals surface area contributed by atoms with Crippen molar-refractivity contribution in [1.29, 1.82) is 0 Å². The van der Waals surface area contributed by atoms with Gasteiger partial charge in [-0.2, -0.15) is 0 Å². The lowest BCUT2D eigenvalue weighted by molar-refractivity contribution is -0.132. The summed E-state index contributed by atoms with van der Waals surface area (Å²) in [4.78, 5) is 22.6. The molecule has 0 aliphatic rings. The number of carboxylic acids is 1. The summed E-state index contributed by atoms with van der Waals surface area (Å²) in [6.45, 7) is 3.15. The van der Waals surface area contributed by atoms with Crippen molar-refractivity contribution in [3.63, 3.8) is 0 Å². The minimum atomic E-state index is -1.01. The topological polar surface area (TPSA) is 63.6 Å². The number of hydrogen-bond donors (Lipinski definition) is 1. The molecule has 112 valence electrons. The number of carbonyl (C=O) groups excluding carboxylic acids is 1. The number of carbonyl (C=O) groups is 2. The van der Waals surface area contributed by atoms with Crippen molar-refractivity contribution in [1.82, 2.24) is 0 Å². The summed E-state index contributed by atoms with van der Waals surface area (Å²) in [6.07, 6.45) is 1.56. The van der Waals surface area contributed by atoms with Gasteiger partial charge in [-0.3, -0.25) is 4.79 Å². The molecular formula is C18H16O4. The molecule has 0 unspecified atom stereocenters. The fourth-order valence-corrected chi connectivity index (χ4v) is 2.02. The lowest BCUT2D eigenvalue weighted by Crippen LogP contribution is -2.03. The lowest BCUT2D eigenvalue weighted by atomic mass is 10.0. The first-order chi connectivity index (χ1) is 10.5. The van der Waals surface area contributed by atoms with E-state index >= 15 is 0 Å². The predicted molar refractivity (Wildman–Crippen MR) is 84.4 cm³/mol. The molecule has 0 saturated heterocycles. The maximum Gasteiger partial charge on any atom is 0.336 e. The highest BCUT2D eigenvalue weighted by Crippen LogP contribution is 2.24. The van der Waals surface area contributed by atoms with Crippen molar-refractivity contribution in [2.45, 2.75) is 13.8 Å². The molecular weight excluding hydrogens is 280 g/mol. The van der Waals surface area contributed by atoms with E-state index in [-0.39, 0.29) is 5.57 Å². The summed E-state index contributed by atoms with van der Waals surface area (Å²) in [5.41, 5.74) is 2.26. The van der Waals surface area contributed by atoms with E-state index in [0.717, 1.165) is 5.56 Å². The molecule has 0 fully saturated rings. The first-order valence-electron chi connectivity index (χ1n) is 6.77. The Kier molecular flexibility index (Phi) is 4.73. The van der Waals surface area contributed by atoms with Crippen molar-refractivity contribution in [2.24, 2.45) is 0 Å². The van der Waals surface area contributed by atoms with Crippen LogP contribution in [0.2, 0.25) is 0 Å². The van der Waals surface area contributed by atoms with Crippen molar-refractivity contribution in [3.8, 4) is 5.75 Å². The minimum absolute atomic E-state index is 0.179. The first kappa shape index (κ1) is 15.5. The zero-order chi connectivity index (χ0) is 16.1. The van der Waals surface area contributed by atoms with Crippen LogP contribution < -0.4 is 4.74 Å². The van der Waals surface area contributed by atoms with E-state index in [1.54, 1.807) is 48.5 Å². The molecule has 2 rings (SSSR count). The zero-order valence-corrected chi connectivity index (χ0v) is 12.4. The van der Waals surface area contributed by atoms with Crippen molar-refractivity contribution in [3.05, 3.63) is 65.2 Å². The molecule has 0 saturated carbocycles. The van der Waals surface area contributed by atoms with Gasteiger partial charge in [0.25, 0.3) is 0 Å². The number of carboxylic acid groups (broad SMARTS) is 1. The second-order valence-electron chi connectivity index (χ2n) is 4.85. The van der Waals surface area contributed by atoms with Gasteiger partial charge < -0.3 is 9.84 Å². The predicted octanol–water partition coefficient (Wildman–Crippen LogP) is 3.55. The minimum Gasteiger partial charge on any atom is -0.478 e. The summed E-state index contributed by atoms with van der Waals surface area (Å²) in [6, 6.07) is 14.1. The van der Waals surface area contributed by atoms with Crippen LogP contribution >= 0.6 is 0 Å². The number of benzene rings is 2. The third-order valence-corrected chi connectivity index (χ3v) is 3.09.